The van der Waals surface area contributed by atoms with Crippen molar-refractivity contribution in [2.75, 3.05) is 13.2 Å². The molecule has 1 unspecified atom stereocenters. The molecule has 0 radical (unpaired) electrons. The third-order valence-corrected chi connectivity index (χ3v) is 12.1. The quantitative estimate of drug-likeness (QED) is 0.484. The Balaban J connectivity index is 2.19. The number of ether oxygens (including phenoxy) is 1. The van der Waals surface area contributed by atoms with Gasteiger partial charge in [-0.2, -0.15) is 0 Å². The summed E-state index contributed by atoms with van der Waals surface area (Å²) in [5, 5.41) is 2.85. The number of rotatable bonds is 9. The van der Waals surface area contributed by atoms with Crippen LogP contribution in [-0.4, -0.2) is 39.4 Å². The number of esters is 1. The largest absolute Gasteiger partial charge is 0.456 e. The Kier molecular flexibility index (Phi) is 7.84. The summed E-state index contributed by atoms with van der Waals surface area (Å²) < 4.78 is 12.6. The van der Waals surface area contributed by atoms with Gasteiger partial charge in [0.1, 0.15) is 6.10 Å². The molecule has 1 aliphatic rings. The molecule has 5 nitrogen and oxygen atoms in total. The van der Waals surface area contributed by atoms with Crippen LogP contribution in [0.25, 0.3) is 0 Å². The summed E-state index contributed by atoms with van der Waals surface area (Å²) >= 11 is 0. The van der Waals surface area contributed by atoms with Crippen molar-refractivity contribution in [1.29, 1.82) is 0 Å². The van der Waals surface area contributed by atoms with Gasteiger partial charge in [-0.25, -0.2) is 4.79 Å². The molecule has 0 saturated carbocycles. The van der Waals surface area contributed by atoms with Crippen LogP contribution >= 0.6 is 0 Å². The molecule has 156 valence electrons. The van der Waals surface area contributed by atoms with Crippen LogP contribution in [0.2, 0.25) is 16.6 Å². The lowest BCUT2D eigenvalue weighted by Crippen LogP contribution is -2.50. The van der Waals surface area contributed by atoms with Gasteiger partial charge in [-0.15, -0.1) is 0 Å². The standard InChI is InChI=1S/C22H35NO4Si/c1-15(2)28(16(3)4,17(5)6)26-14-20(19-12-21(24)23-13-19)27-22(25)18-10-8-7-9-11-18/h7-11,15-17,19-20H,12-14H2,1-6H3,(H,23,24)/t19?,20-/m0/s1. The van der Waals surface area contributed by atoms with E-state index < -0.39 is 14.4 Å². The summed E-state index contributed by atoms with van der Waals surface area (Å²) in [6.45, 7) is 14.3. The van der Waals surface area contributed by atoms with E-state index in [0.29, 0.717) is 41.8 Å². The Morgan fingerprint density at radius 3 is 2.11 bits per heavy atom. The normalized spacial score (nSPS) is 18.6. The van der Waals surface area contributed by atoms with E-state index in [9.17, 15) is 9.59 Å². The lowest BCUT2D eigenvalue weighted by molar-refractivity contribution is -0.119. The van der Waals surface area contributed by atoms with Crippen LogP contribution in [0.1, 0.15) is 58.3 Å². The summed E-state index contributed by atoms with van der Waals surface area (Å²) in [7, 11) is -2.09. The van der Waals surface area contributed by atoms with Crippen LogP contribution in [0, 0.1) is 5.92 Å². The molecule has 0 bridgehead atoms. The lowest BCUT2D eigenvalue weighted by Gasteiger charge is -2.43. The van der Waals surface area contributed by atoms with Crippen molar-refractivity contribution >= 4 is 20.2 Å². The highest BCUT2D eigenvalue weighted by molar-refractivity contribution is 6.77. The van der Waals surface area contributed by atoms with E-state index >= 15 is 0 Å². The third kappa shape index (κ3) is 5.03. The minimum atomic E-state index is -2.09. The second-order valence-corrected chi connectivity index (χ2v) is 14.2. The van der Waals surface area contributed by atoms with E-state index in [2.05, 4.69) is 46.9 Å². The average molecular weight is 406 g/mol. The van der Waals surface area contributed by atoms with Gasteiger partial charge in [-0.05, 0) is 28.8 Å². The minimum absolute atomic E-state index is 0.00541. The molecular formula is C22H35NO4Si. The maximum absolute atomic E-state index is 12.6. The molecule has 0 aliphatic carbocycles. The van der Waals surface area contributed by atoms with Gasteiger partial charge in [-0.1, -0.05) is 59.7 Å². The van der Waals surface area contributed by atoms with Crippen molar-refractivity contribution < 1.29 is 18.8 Å². The fraction of sp³-hybridized carbons (Fsp3) is 0.636. The number of benzene rings is 1. The molecule has 1 amide bonds. The second-order valence-electron chi connectivity index (χ2n) is 8.71. The second kappa shape index (κ2) is 9.70. The topological polar surface area (TPSA) is 64.6 Å². The van der Waals surface area contributed by atoms with Gasteiger partial charge in [0.15, 0.2) is 0 Å². The van der Waals surface area contributed by atoms with Crippen LogP contribution in [0.15, 0.2) is 30.3 Å². The summed E-state index contributed by atoms with van der Waals surface area (Å²) in [5.74, 6) is -0.413. The van der Waals surface area contributed by atoms with Gasteiger partial charge < -0.3 is 14.5 Å². The van der Waals surface area contributed by atoms with E-state index in [0.717, 1.165) is 0 Å². The first-order valence-corrected chi connectivity index (χ1v) is 12.5. The van der Waals surface area contributed by atoms with E-state index in [4.69, 9.17) is 9.16 Å². The summed E-state index contributed by atoms with van der Waals surface area (Å²) in [5.41, 5.74) is 1.86. The van der Waals surface area contributed by atoms with Crippen molar-refractivity contribution in [2.24, 2.45) is 5.92 Å². The van der Waals surface area contributed by atoms with Crippen LogP contribution in [0.5, 0.6) is 0 Å². The highest BCUT2D eigenvalue weighted by atomic mass is 28.4. The molecule has 0 spiro atoms. The Morgan fingerprint density at radius 1 is 1.07 bits per heavy atom. The van der Waals surface area contributed by atoms with E-state index in [1.54, 1.807) is 12.1 Å². The first-order valence-electron chi connectivity index (χ1n) is 10.3. The number of hydrogen-bond acceptors (Lipinski definition) is 4. The van der Waals surface area contributed by atoms with E-state index in [1.807, 2.05) is 18.2 Å². The Labute approximate surface area is 170 Å². The van der Waals surface area contributed by atoms with Crippen molar-refractivity contribution in [3.8, 4) is 0 Å². The van der Waals surface area contributed by atoms with Crippen molar-refractivity contribution in [3.63, 3.8) is 0 Å². The van der Waals surface area contributed by atoms with Crippen LogP contribution < -0.4 is 5.32 Å². The van der Waals surface area contributed by atoms with Crippen LogP contribution in [0.4, 0.5) is 0 Å². The number of carbonyl (C=O) groups excluding carboxylic acids is 2. The van der Waals surface area contributed by atoms with Crippen molar-refractivity contribution in [1.82, 2.24) is 5.32 Å². The molecule has 1 N–H and O–H groups in total. The Bertz CT molecular complexity index is 638. The first-order chi connectivity index (χ1) is 13.2. The maximum Gasteiger partial charge on any atom is 0.338 e. The van der Waals surface area contributed by atoms with E-state index in [-0.39, 0.29) is 17.8 Å². The zero-order valence-electron chi connectivity index (χ0n) is 18.0. The monoisotopic (exact) mass is 405 g/mol. The molecule has 1 heterocycles. The fourth-order valence-electron chi connectivity index (χ4n) is 4.66. The van der Waals surface area contributed by atoms with Crippen LogP contribution in [0.3, 0.4) is 0 Å². The summed E-state index contributed by atoms with van der Waals surface area (Å²) in [4.78, 5) is 24.4. The predicted molar refractivity (Wildman–Crippen MR) is 114 cm³/mol. The van der Waals surface area contributed by atoms with Crippen molar-refractivity contribution in [3.05, 3.63) is 35.9 Å². The predicted octanol–water partition coefficient (Wildman–Crippen LogP) is 4.54. The minimum Gasteiger partial charge on any atom is -0.456 e. The SMILES string of the molecule is CC(C)[Si](OC[C@H](OC(=O)c1ccccc1)C1CNC(=O)C1)(C(C)C)C(C)C. The number of nitrogens with one attached hydrogen (secondary N) is 1. The Hall–Kier alpha value is -1.66. The molecule has 1 aromatic carbocycles. The fourth-order valence-corrected chi connectivity index (χ4v) is 10.1. The van der Waals surface area contributed by atoms with Crippen molar-refractivity contribution in [2.45, 2.75) is 70.7 Å². The van der Waals surface area contributed by atoms with Gasteiger partial charge in [0.25, 0.3) is 0 Å². The first kappa shape index (κ1) is 22.6. The highest BCUT2D eigenvalue weighted by Crippen LogP contribution is 2.42. The zero-order valence-corrected chi connectivity index (χ0v) is 19.0. The summed E-state index contributed by atoms with van der Waals surface area (Å²) in [6, 6.07) is 8.99. The van der Waals surface area contributed by atoms with Gasteiger partial charge in [-0.3, -0.25) is 4.79 Å². The Morgan fingerprint density at radius 2 is 1.64 bits per heavy atom. The molecule has 0 aromatic heterocycles. The lowest BCUT2D eigenvalue weighted by atomic mass is 10.0. The number of amides is 1. The molecule has 2 atom stereocenters. The molecule has 1 aromatic rings. The van der Waals surface area contributed by atoms with Gasteiger partial charge in [0, 0.05) is 18.9 Å². The molecule has 28 heavy (non-hydrogen) atoms. The molecule has 6 heteroatoms. The third-order valence-electron chi connectivity index (χ3n) is 6.01. The van der Waals surface area contributed by atoms with Gasteiger partial charge >= 0.3 is 5.97 Å². The highest BCUT2D eigenvalue weighted by Gasteiger charge is 2.46. The van der Waals surface area contributed by atoms with E-state index in [1.165, 1.54) is 0 Å². The molecular weight excluding hydrogens is 370 g/mol. The number of carbonyl (C=O) groups is 2. The zero-order chi connectivity index (χ0) is 20.9. The molecule has 1 aliphatic heterocycles. The smallest absolute Gasteiger partial charge is 0.338 e. The van der Waals surface area contributed by atoms with Crippen LogP contribution in [-0.2, 0) is 14.0 Å². The maximum atomic E-state index is 12.6. The molecule has 1 fully saturated rings. The molecule has 1 saturated heterocycles. The summed E-state index contributed by atoms with van der Waals surface area (Å²) in [6.07, 6.45) is -0.0647. The molecule has 2 rings (SSSR count). The average Bonchev–Trinajstić information content (AvgIpc) is 3.07. The number of hydrogen-bond donors (Lipinski definition) is 1. The van der Waals surface area contributed by atoms with Gasteiger partial charge in [0.2, 0.25) is 14.2 Å². The van der Waals surface area contributed by atoms with Gasteiger partial charge in [0.05, 0.1) is 12.2 Å².